The molecular weight excluding hydrogens is 241 g/mol. The van der Waals surface area contributed by atoms with Crippen molar-refractivity contribution in [2.24, 2.45) is 0 Å². The Morgan fingerprint density at radius 3 is 2.47 bits per heavy atom. The molecule has 0 aliphatic rings. The van der Waals surface area contributed by atoms with E-state index >= 15 is 0 Å². The smallest absolute Gasteiger partial charge is 0.217 e. The van der Waals surface area contributed by atoms with Crippen molar-refractivity contribution in [1.29, 1.82) is 0 Å². The first kappa shape index (κ1) is 11.6. The molecule has 0 aliphatic carbocycles. The molecule has 17 heavy (non-hydrogen) atoms. The molecule has 2 aromatic rings. The van der Waals surface area contributed by atoms with E-state index in [2.05, 4.69) is 17.6 Å². The summed E-state index contributed by atoms with van der Waals surface area (Å²) in [5, 5.41) is 8.59. The molecule has 0 unspecified atom stereocenters. The number of thiol groups is 1. The zero-order chi connectivity index (χ0) is 12.4. The number of aromatic nitrogens is 1. The lowest BCUT2D eigenvalue weighted by atomic mass is 10.1. The molecule has 0 saturated heterocycles. The van der Waals surface area contributed by atoms with Crippen LogP contribution < -0.4 is 0 Å². The van der Waals surface area contributed by atoms with E-state index in [1.165, 1.54) is 18.3 Å². The van der Waals surface area contributed by atoms with Crippen LogP contribution in [0.2, 0.25) is 0 Å². The molecule has 1 heterocycles. The molecule has 3 nitrogen and oxygen atoms in total. The van der Waals surface area contributed by atoms with E-state index in [1.54, 1.807) is 12.1 Å². The standard InChI is InChI=1S/C12H8FNO2S/c13-10-5-8(12(16)17)6-14-11(10)7-1-3-9(15)4-2-7/h1-6,15H,(H,16,17). The average Bonchev–Trinajstić information content (AvgIpc) is 2.30. The first-order chi connectivity index (χ1) is 8.08. The van der Waals surface area contributed by atoms with Crippen molar-refractivity contribution < 1.29 is 14.3 Å². The molecule has 1 N–H and O–H groups in total. The van der Waals surface area contributed by atoms with E-state index in [0.29, 0.717) is 5.56 Å². The largest absolute Gasteiger partial charge is 0.508 e. The van der Waals surface area contributed by atoms with Crippen molar-refractivity contribution in [3.05, 3.63) is 47.9 Å². The van der Waals surface area contributed by atoms with Crippen LogP contribution >= 0.6 is 12.6 Å². The number of phenolic OH excluding ortho intramolecular Hbond substituents is 1. The van der Waals surface area contributed by atoms with Gasteiger partial charge in [-0.1, -0.05) is 0 Å². The van der Waals surface area contributed by atoms with Crippen LogP contribution in [-0.4, -0.2) is 15.2 Å². The Hall–Kier alpha value is -1.88. The molecule has 0 fully saturated rings. The molecular formula is C12H8FNO2S. The van der Waals surface area contributed by atoms with Crippen LogP contribution in [0.1, 0.15) is 10.4 Å². The van der Waals surface area contributed by atoms with Gasteiger partial charge in [0.25, 0.3) is 0 Å². The van der Waals surface area contributed by atoms with Gasteiger partial charge in [0.15, 0.2) is 0 Å². The minimum absolute atomic E-state index is 0.0938. The number of pyridine rings is 1. The predicted molar refractivity (Wildman–Crippen MR) is 64.6 cm³/mol. The van der Waals surface area contributed by atoms with Gasteiger partial charge in [-0.3, -0.25) is 9.78 Å². The Labute approximate surface area is 102 Å². The maximum Gasteiger partial charge on any atom is 0.217 e. The number of halogens is 1. The topological polar surface area (TPSA) is 50.2 Å². The molecule has 0 spiro atoms. The fourth-order valence-electron chi connectivity index (χ4n) is 1.39. The highest BCUT2D eigenvalue weighted by Crippen LogP contribution is 2.23. The number of rotatable bonds is 2. The van der Waals surface area contributed by atoms with Gasteiger partial charge >= 0.3 is 0 Å². The molecule has 0 bridgehead atoms. The lowest BCUT2D eigenvalue weighted by Gasteiger charge is -2.03. The van der Waals surface area contributed by atoms with E-state index in [4.69, 9.17) is 5.11 Å². The quantitative estimate of drug-likeness (QED) is 0.804. The van der Waals surface area contributed by atoms with Crippen LogP contribution in [0.25, 0.3) is 11.3 Å². The monoisotopic (exact) mass is 249 g/mol. The lowest BCUT2D eigenvalue weighted by Crippen LogP contribution is -1.95. The van der Waals surface area contributed by atoms with Crippen LogP contribution in [0.5, 0.6) is 5.75 Å². The molecule has 0 atom stereocenters. The van der Waals surface area contributed by atoms with Crippen molar-refractivity contribution in [3.63, 3.8) is 0 Å². The van der Waals surface area contributed by atoms with Crippen LogP contribution in [-0.2, 0) is 0 Å². The Kier molecular flexibility index (Phi) is 3.10. The summed E-state index contributed by atoms with van der Waals surface area (Å²) in [5.74, 6) is -0.507. The number of carbonyl (C=O) groups excluding carboxylic acids is 1. The van der Waals surface area contributed by atoms with E-state index in [-0.39, 0.29) is 17.0 Å². The minimum Gasteiger partial charge on any atom is -0.508 e. The summed E-state index contributed by atoms with van der Waals surface area (Å²) in [6, 6.07) is 7.05. The third kappa shape index (κ3) is 2.45. The van der Waals surface area contributed by atoms with Crippen LogP contribution in [0, 0.1) is 5.82 Å². The van der Waals surface area contributed by atoms with Crippen molar-refractivity contribution in [1.82, 2.24) is 4.98 Å². The molecule has 0 aliphatic heterocycles. The number of nitrogens with zero attached hydrogens (tertiary/aromatic N) is 1. The number of hydrogen-bond acceptors (Lipinski definition) is 3. The second kappa shape index (κ2) is 4.55. The van der Waals surface area contributed by atoms with Gasteiger partial charge < -0.3 is 5.11 Å². The summed E-state index contributed by atoms with van der Waals surface area (Å²) in [6.45, 7) is 0. The highest BCUT2D eigenvalue weighted by Gasteiger charge is 2.10. The number of hydrogen-bond donors (Lipinski definition) is 2. The molecule has 86 valence electrons. The van der Waals surface area contributed by atoms with Crippen molar-refractivity contribution >= 4 is 17.7 Å². The van der Waals surface area contributed by atoms with Crippen LogP contribution in [0.3, 0.4) is 0 Å². The predicted octanol–water partition coefficient (Wildman–Crippen LogP) is 2.66. The summed E-state index contributed by atoms with van der Waals surface area (Å²) in [6.07, 6.45) is 1.26. The van der Waals surface area contributed by atoms with Gasteiger partial charge in [0.2, 0.25) is 5.12 Å². The van der Waals surface area contributed by atoms with Gasteiger partial charge in [0, 0.05) is 17.3 Å². The van der Waals surface area contributed by atoms with E-state index in [1.807, 2.05) is 0 Å². The second-order valence-electron chi connectivity index (χ2n) is 3.41. The summed E-state index contributed by atoms with van der Waals surface area (Å²) >= 11 is 3.59. The van der Waals surface area contributed by atoms with E-state index < -0.39 is 10.9 Å². The fraction of sp³-hybridized carbons (Fsp3) is 0. The van der Waals surface area contributed by atoms with Crippen molar-refractivity contribution in [3.8, 4) is 17.0 Å². The highest BCUT2D eigenvalue weighted by molar-refractivity contribution is 7.97. The first-order valence-corrected chi connectivity index (χ1v) is 5.21. The third-order valence-corrected chi connectivity index (χ3v) is 2.49. The second-order valence-corrected chi connectivity index (χ2v) is 3.81. The zero-order valence-electron chi connectivity index (χ0n) is 8.59. The zero-order valence-corrected chi connectivity index (χ0v) is 9.49. The van der Waals surface area contributed by atoms with E-state index in [0.717, 1.165) is 6.07 Å². The summed E-state index contributed by atoms with van der Waals surface area (Å²) < 4.78 is 13.7. The normalized spacial score (nSPS) is 10.2. The van der Waals surface area contributed by atoms with Gasteiger partial charge in [-0.05, 0) is 30.3 Å². The maximum atomic E-state index is 13.7. The molecule has 0 saturated carbocycles. The fourth-order valence-corrected chi connectivity index (χ4v) is 1.51. The van der Waals surface area contributed by atoms with Gasteiger partial charge in [-0.25, -0.2) is 4.39 Å². The maximum absolute atomic E-state index is 13.7. The molecule has 1 aromatic carbocycles. The van der Waals surface area contributed by atoms with Gasteiger partial charge in [0.1, 0.15) is 17.3 Å². The lowest BCUT2D eigenvalue weighted by molar-refractivity contribution is 0.109. The molecule has 5 heteroatoms. The van der Waals surface area contributed by atoms with Crippen LogP contribution in [0.4, 0.5) is 4.39 Å². The Morgan fingerprint density at radius 1 is 1.29 bits per heavy atom. The SMILES string of the molecule is O=C(S)c1cnc(-c2ccc(O)cc2)c(F)c1. The molecule has 0 radical (unpaired) electrons. The Balaban J connectivity index is 2.46. The number of aromatic hydroxyl groups is 1. The van der Waals surface area contributed by atoms with E-state index in [9.17, 15) is 9.18 Å². The van der Waals surface area contributed by atoms with Gasteiger partial charge in [-0.15, -0.1) is 12.6 Å². The number of benzene rings is 1. The highest BCUT2D eigenvalue weighted by atomic mass is 32.1. The third-order valence-electron chi connectivity index (χ3n) is 2.23. The first-order valence-electron chi connectivity index (χ1n) is 4.76. The minimum atomic E-state index is -0.601. The molecule has 2 rings (SSSR count). The average molecular weight is 249 g/mol. The summed E-state index contributed by atoms with van der Waals surface area (Å²) in [7, 11) is 0. The van der Waals surface area contributed by atoms with Crippen molar-refractivity contribution in [2.75, 3.05) is 0 Å². The van der Waals surface area contributed by atoms with Crippen LogP contribution in [0.15, 0.2) is 36.5 Å². The molecule has 0 amide bonds. The summed E-state index contributed by atoms with van der Waals surface area (Å²) in [4.78, 5) is 14.8. The van der Waals surface area contributed by atoms with Gasteiger partial charge in [0.05, 0.1) is 0 Å². The van der Waals surface area contributed by atoms with Gasteiger partial charge in [-0.2, -0.15) is 0 Å². The molecule has 1 aromatic heterocycles. The summed E-state index contributed by atoms with van der Waals surface area (Å²) in [5.41, 5.74) is 0.759. The Bertz CT molecular complexity index is 569. The number of carbonyl (C=O) groups is 1. The Morgan fingerprint density at radius 2 is 1.94 bits per heavy atom. The van der Waals surface area contributed by atoms with Crippen molar-refractivity contribution in [2.45, 2.75) is 0 Å². The number of phenols is 1.